The highest BCUT2D eigenvalue weighted by molar-refractivity contribution is 5.30. The molecule has 0 aliphatic carbocycles. The van der Waals surface area contributed by atoms with Crippen LogP contribution in [0, 0.1) is 0 Å². The van der Waals surface area contributed by atoms with Gasteiger partial charge in [-0.05, 0) is 35.2 Å². The van der Waals surface area contributed by atoms with E-state index in [1.165, 1.54) is 16.7 Å². The molecule has 19 heavy (non-hydrogen) atoms. The normalized spacial score (nSPS) is 14.4. The molecule has 0 bridgehead atoms. The molecule has 0 fully saturated rings. The molecule has 1 heterocycles. The molecule has 0 saturated heterocycles. The first kappa shape index (κ1) is 12.2. The molecule has 3 rings (SSSR count). The van der Waals surface area contributed by atoms with E-state index >= 15 is 0 Å². The third-order valence-corrected chi connectivity index (χ3v) is 3.78. The number of fused-ring (bicyclic) bond motifs is 1. The largest absolute Gasteiger partial charge is 0.497 e. The van der Waals surface area contributed by atoms with Crippen LogP contribution in [0.1, 0.15) is 16.7 Å². The van der Waals surface area contributed by atoms with Crippen molar-refractivity contribution in [3.8, 4) is 5.75 Å². The van der Waals surface area contributed by atoms with Crippen LogP contribution < -0.4 is 4.74 Å². The van der Waals surface area contributed by atoms with E-state index in [0.29, 0.717) is 0 Å². The Kier molecular flexibility index (Phi) is 3.51. The molecule has 0 spiro atoms. The van der Waals surface area contributed by atoms with Crippen LogP contribution in [0.15, 0.2) is 48.5 Å². The lowest BCUT2D eigenvalue weighted by Crippen LogP contribution is -2.19. The minimum Gasteiger partial charge on any atom is -0.497 e. The molecule has 0 aromatic heterocycles. The van der Waals surface area contributed by atoms with Crippen LogP contribution in [0.4, 0.5) is 0 Å². The first-order chi connectivity index (χ1) is 9.35. The van der Waals surface area contributed by atoms with Gasteiger partial charge >= 0.3 is 0 Å². The fourth-order valence-electron chi connectivity index (χ4n) is 2.64. The maximum absolute atomic E-state index is 5.18. The molecule has 0 radical (unpaired) electrons. The topological polar surface area (TPSA) is 12.5 Å². The van der Waals surface area contributed by atoms with E-state index in [-0.39, 0.29) is 0 Å². The molecule has 2 aromatic carbocycles. The van der Waals surface area contributed by atoms with Crippen molar-refractivity contribution in [3.05, 3.63) is 65.2 Å². The minimum atomic E-state index is 0.928. The minimum absolute atomic E-state index is 0.928. The van der Waals surface area contributed by atoms with Crippen LogP contribution in [0.25, 0.3) is 0 Å². The molecule has 2 aromatic rings. The first-order valence-electron chi connectivity index (χ1n) is 6.77. The van der Waals surface area contributed by atoms with E-state index in [0.717, 1.165) is 31.8 Å². The summed E-state index contributed by atoms with van der Waals surface area (Å²) in [5.41, 5.74) is 4.34. The van der Waals surface area contributed by atoms with Crippen molar-refractivity contribution in [2.24, 2.45) is 0 Å². The molecular formula is C17H19NO. The van der Waals surface area contributed by atoms with Crippen LogP contribution >= 0.6 is 0 Å². The molecule has 1 aliphatic heterocycles. The van der Waals surface area contributed by atoms with E-state index in [2.05, 4.69) is 41.3 Å². The monoisotopic (exact) mass is 253 g/mol. The molecule has 0 atom stereocenters. The van der Waals surface area contributed by atoms with Gasteiger partial charge in [0, 0.05) is 19.6 Å². The van der Waals surface area contributed by atoms with Crippen LogP contribution in [-0.2, 0) is 19.5 Å². The fourth-order valence-corrected chi connectivity index (χ4v) is 2.64. The molecule has 2 heteroatoms. The van der Waals surface area contributed by atoms with Gasteiger partial charge in [0.25, 0.3) is 0 Å². The van der Waals surface area contributed by atoms with Gasteiger partial charge < -0.3 is 4.74 Å². The Bertz CT molecular complexity index is 522. The fraction of sp³-hybridized carbons (Fsp3) is 0.294. The number of rotatable bonds is 4. The van der Waals surface area contributed by atoms with Crippen LogP contribution in [0.2, 0.25) is 0 Å². The Balaban J connectivity index is 1.56. The zero-order valence-electron chi connectivity index (χ0n) is 11.3. The van der Waals surface area contributed by atoms with Gasteiger partial charge in [-0.3, -0.25) is 4.90 Å². The second-order valence-corrected chi connectivity index (χ2v) is 5.08. The van der Waals surface area contributed by atoms with Gasteiger partial charge in [-0.15, -0.1) is 0 Å². The molecule has 0 saturated carbocycles. The Hall–Kier alpha value is -1.80. The van der Waals surface area contributed by atoms with Gasteiger partial charge in [0.05, 0.1) is 7.11 Å². The van der Waals surface area contributed by atoms with Gasteiger partial charge in [-0.1, -0.05) is 36.4 Å². The zero-order chi connectivity index (χ0) is 13.1. The second kappa shape index (κ2) is 5.45. The van der Waals surface area contributed by atoms with Crippen molar-refractivity contribution < 1.29 is 4.74 Å². The van der Waals surface area contributed by atoms with E-state index in [1.807, 2.05) is 12.1 Å². The number of methoxy groups -OCH3 is 1. The highest BCUT2D eigenvalue weighted by Gasteiger charge is 2.17. The van der Waals surface area contributed by atoms with Gasteiger partial charge in [0.2, 0.25) is 0 Å². The summed E-state index contributed by atoms with van der Waals surface area (Å²) in [5.74, 6) is 0.928. The van der Waals surface area contributed by atoms with Crippen molar-refractivity contribution in [3.63, 3.8) is 0 Å². The van der Waals surface area contributed by atoms with Gasteiger partial charge in [-0.2, -0.15) is 0 Å². The number of hydrogen-bond donors (Lipinski definition) is 0. The molecule has 0 N–H and O–H groups in total. The Morgan fingerprint density at radius 2 is 1.58 bits per heavy atom. The van der Waals surface area contributed by atoms with Crippen LogP contribution in [-0.4, -0.2) is 18.6 Å². The lowest BCUT2D eigenvalue weighted by atomic mass is 10.1. The summed E-state index contributed by atoms with van der Waals surface area (Å²) in [7, 11) is 1.70. The number of nitrogens with zero attached hydrogens (tertiary/aromatic N) is 1. The average Bonchev–Trinajstić information content (AvgIpc) is 2.88. The van der Waals surface area contributed by atoms with Gasteiger partial charge in [-0.25, -0.2) is 0 Å². The average molecular weight is 253 g/mol. The quantitative estimate of drug-likeness (QED) is 0.829. The lowest BCUT2D eigenvalue weighted by Gasteiger charge is -2.14. The van der Waals surface area contributed by atoms with Gasteiger partial charge in [0.1, 0.15) is 5.75 Å². The number of ether oxygens (including phenoxy) is 1. The van der Waals surface area contributed by atoms with Crippen molar-refractivity contribution in [2.45, 2.75) is 19.5 Å². The third-order valence-electron chi connectivity index (χ3n) is 3.78. The first-order valence-corrected chi connectivity index (χ1v) is 6.77. The number of hydrogen-bond acceptors (Lipinski definition) is 2. The SMILES string of the molecule is COc1ccc(CCN2Cc3ccccc3C2)cc1. The zero-order valence-corrected chi connectivity index (χ0v) is 11.3. The Labute approximate surface area is 114 Å². The van der Waals surface area contributed by atoms with E-state index in [4.69, 9.17) is 4.74 Å². The molecule has 1 aliphatic rings. The third kappa shape index (κ3) is 2.79. The molecule has 98 valence electrons. The molecular weight excluding hydrogens is 234 g/mol. The maximum Gasteiger partial charge on any atom is 0.118 e. The summed E-state index contributed by atoms with van der Waals surface area (Å²) in [6, 6.07) is 17.1. The summed E-state index contributed by atoms with van der Waals surface area (Å²) in [6.45, 7) is 3.29. The number of benzene rings is 2. The van der Waals surface area contributed by atoms with E-state index < -0.39 is 0 Å². The van der Waals surface area contributed by atoms with Crippen molar-refractivity contribution in [2.75, 3.05) is 13.7 Å². The van der Waals surface area contributed by atoms with E-state index in [1.54, 1.807) is 7.11 Å². The lowest BCUT2D eigenvalue weighted by molar-refractivity contribution is 0.288. The summed E-state index contributed by atoms with van der Waals surface area (Å²) in [5, 5.41) is 0. The summed E-state index contributed by atoms with van der Waals surface area (Å²) in [4.78, 5) is 2.51. The Morgan fingerprint density at radius 1 is 0.947 bits per heavy atom. The predicted octanol–water partition coefficient (Wildman–Crippen LogP) is 3.25. The van der Waals surface area contributed by atoms with Gasteiger partial charge in [0.15, 0.2) is 0 Å². The standard InChI is InChI=1S/C17H19NO/c1-19-17-8-6-14(7-9-17)10-11-18-12-15-4-2-3-5-16(15)13-18/h2-9H,10-13H2,1H3. The van der Waals surface area contributed by atoms with Crippen molar-refractivity contribution in [1.82, 2.24) is 4.90 Å². The highest BCUT2D eigenvalue weighted by Crippen LogP contribution is 2.22. The molecule has 0 unspecified atom stereocenters. The molecule has 2 nitrogen and oxygen atoms in total. The predicted molar refractivity (Wildman–Crippen MR) is 77.3 cm³/mol. The van der Waals surface area contributed by atoms with Crippen LogP contribution in [0.5, 0.6) is 5.75 Å². The van der Waals surface area contributed by atoms with Crippen LogP contribution in [0.3, 0.4) is 0 Å². The smallest absolute Gasteiger partial charge is 0.118 e. The highest BCUT2D eigenvalue weighted by atomic mass is 16.5. The second-order valence-electron chi connectivity index (χ2n) is 5.08. The van der Waals surface area contributed by atoms with E-state index in [9.17, 15) is 0 Å². The summed E-state index contributed by atoms with van der Waals surface area (Å²) < 4.78 is 5.18. The summed E-state index contributed by atoms with van der Waals surface area (Å²) in [6.07, 6.45) is 1.10. The Morgan fingerprint density at radius 3 is 2.16 bits per heavy atom. The maximum atomic E-state index is 5.18. The van der Waals surface area contributed by atoms with Crippen molar-refractivity contribution >= 4 is 0 Å². The van der Waals surface area contributed by atoms with Crippen molar-refractivity contribution in [1.29, 1.82) is 0 Å². The summed E-state index contributed by atoms with van der Waals surface area (Å²) >= 11 is 0. The molecule has 0 amide bonds.